The molecular weight excluding hydrogens is 225 g/mol. The van der Waals surface area contributed by atoms with Crippen molar-refractivity contribution in [1.82, 2.24) is 0 Å². The van der Waals surface area contributed by atoms with Crippen LogP contribution in [0.25, 0.3) is 0 Å². The maximum Gasteiger partial charge on any atom is 0.378 e. The van der Waals surface area contributed by atoms with Crippen molar-refractivity contribution in [2.24, 2.45) is 0 Å². The first kappa shape index (κ1) is 12.4. The highest BCUT2D eigenvalue weighted by Crippen LogP contribution is 2.35. The predicted octanol–water partition coefficient (Wildman–Crippen LogP) is 2.43. The van der Waals surface area contributed by atoms with Gasteiger partial charge in [-0.3, -0.25) is 0 Å². The van der Waals surface area contributed by atoms with E-state index in [1.54, 1.807) is 0 Å². The van der Waals surface area contributed by atoms with Gasteiger partial charge in [0, 0.05) is 0 Å². The van der Waals surface area contributed by atoms with Crippen molar-refractivity contribution >= 4 is 5.97 Å². The summed E-state index contributed by atoms with van der Waals surface area (Å²) in [5.41, 5.74) is -0.409. The highest BCUT2D eigenvalue weighted by atomic mass is 19.3. The number of hydrogen-bond donors (Lipinski definition) is 1. The van der Waals surface area contributed by atoms with Crippen molar-refractivity contribution < 1.29 is 27.8 Å². The van der Waals surface area contributed by atoms with Gasteiger partial charge in [-0.2, -0.15) is 8.78 Å². The smallest absolute Gasteiger partial charge is 0.378 e. The molecule has 88 valence electrons. The SMILES string of the molecule is COc1ccc(C(F)C(F)(F)C(=O)O)cc1. The van der Waals surface area contributed by atoms with Gasteiger partial charge < -0.3 is 9.84 Å². The average Bonchev–Trinajstić information content (AvgIpc) is 2.28. The van der Waals surface area contributed by atoms with Crippen molar-refractivity contribution in [2.75, 3.05) is 7.11 Å². The van der Waals surface area contributed by atoms with Crippen molar-refractivity contribution in [3.05, 3.63) is 29.8 Å². The minimum absolute atomic E-state index is 0.370. The van der Waals surface area contributed by atoms with Gasteiger partial charge in [0.25, 0.3) is 0 Å². The lowest BCUT2D eigenvalue weighted by atomic mass is 10.1. The maximum atomic E-state index is 13.2. The normalized spacial score (nSPS) is 13.2. The van der Waals surface area contributed by atoms with Gasteiger partial charge in [-0.25, -0.2) is 9.18 Å². The molecule has 3 nitrogen and oxygen atoms in total. The summed E-state index contributed by atoms with van der Waals surface area (Å²) in [4.78, 5) is 10.1. The number of carboxylic acids is 1. The van der Waals surface area contributed by atoms with Crippen LogP contribution < -0.4 is 4.74 Å². The highest BCUT2D eigenvalue weighted by Gasteiger charge is 2.49. The molecule has 0 heterocycles. The average molecular weight is 234 g/mol. The third kappa shape index (κ3) is 2.26. The molecular formula is C10H9F3O3. The fraction of sp³-hybridized carbons (Fsp3) is 0.300. The van der Waals surface area contributed by atoms with Crippen molar-refractivity contribution in [2.45, 2.75) is 12.1 Å². The number of halogens is 3. The van der Waals surface area contributed by atoms with Gasteiger partial charge >= 0.3 is 11.9 Å². The van der Waals surface area contributed by atoms with Gasteiger partial charge in [-0.05, 0) is 17.7 Å². The second-order valence-electron chi connectivity index (χ2n) is 3.06. The Bertz CT molecular complexity index is 375. The van der Waals surface area contributed by atoms with E-state index in [-0.39, 0.29) is 0 Å². The molecule has 16 heavy (non-hydrogen) atoms. The molecule has 1 aromatic rings. The van der Waals surface area contributed by atoms with Crippen LogP contribution in [0.2, 0.25) is 0 Å². The standard InChI is InChI=1S/C10H9F3O3/c1-16-7-4-2-6(3-5-7)8(11)10(12,13)9(14)15/h2-5,8H,1H3,(H,14,15). The first-order valence-electron chi connectivity index (χ1n) is 4.29. The molecule has 1 aromatic carbocycles. The Kier molecular flexibility index (Phi) is 3.41. The molecule has 0 radical (unpaired) electrons. The van der Waals surface area contributed by atoms with Crippen LogP contribution >= 0.6 is 0 Å². The van der Waals surface area contributed by atoms with Crippen LogP contribution in [0.1, 0.15) is 11.7 Å². The number of alkyl halides is 3. The Morgan fingerprint density at radius 1 is 1.38 bits per heavy atom. The predicted molar refractivity (Wildman–Crippen MR) is 49.4 cm³/mol. The summed E-state index contributed by atoms with van der Waals surface area (Å²) in [6.07, 6.45) is -2.88. The molecule has 0 spiro atoms. The van der Waals surface area contributed by atoms with Crippen molar-refractivity contribution in [1.29, 1.82) is 0 Å². The molecule has 1 N–H and O–H groups in total. The van der Waals surface area contributed by atoms with Crippen LogP contribution in [0.15, 0.2) is 24.3 Å². The Hall–Kier alpha value is -1.72. The van der Waals surface area contributed by atoms with Gasteiger partial charge in [0.1, 0.15) is 5.75 Å². The zero-order valence-electron chi connectivity index (χ0n) is 8.28. The number of carbonyl (C=O) groups is 1. The summed E-state index contributed by atoms with van der Waals surface area (Å²) < 4.78 is 43.6. The summed E-state index contributed by atoms with van der Waals surface area (Å²) in [5, 5.41) is 8.16. The van der Waals surface area contributed by atoms with Crippen molar-refractivity contribution in [3.63, 3.8) is 0 Å². The van der Waals surface area contributed by atoms with E-state index in [0.717, 1.165) is 12.1 Å². The van der Waals surface area contributed by atoms with E-state index in [4.69, 9.17) is 9.84 Å². The molecule has 1 rings (SSSR count). The summed E-state index contributed by atoms with van der Waals surface area (Å²) in [6, 6.07) is 4.67. The number of benzene rings is 1. The molecule has 6 heteroatoms. The summed E-state index contributed by atoms with van der Waals surface area (Å²) in [6.45, 7) is 0. The Labute approximate surface area is 89.5 Å². The molecule has 0 bridgehead atoms. The monoisotopic (exact) mass is 234 g/mol. The van der Waals surface area contributed by atoms with Gasteiger partial charge in [-0.15, -0.1) is 0 Å². The number of aliphatic carboxylic acids is 1. The first-order valence-corrected chi connectivity index (χ1v) is 4.29. The fourth-order valence-electron chi connectivity index (χ4n) is 1.09. The number of ether oxygens (including phenoxy) is 1. The van der Waals surface area contributed by atoms with Crippen LogP contribution in [0, 0.1) is 0 Å². The van der Waals surface area contributed by atoms with E-state index in [0.29, 0.717) is 5.75 Å². The quantitative estimate of drug-likeness (QED) is 0.870. The maximum absolute atomic E-state index is 13.2. The van der Waals surface area contributed by atoms with E-state index in [1.807, 2.05) is 0 Å². The molecule has 0 fully saturated rings. The van der Waals surface area contributed by atoms with E-state index >= 15 is 0 Å². The Morgan fingerprint density at radius 3 is 2.25 bits per heavy atom. The molecule has 0 saturated carbocycles. The first-order chi connectivity index (χ1) is 7.39. The summed E-state index contributed by atoms with van der Waals surface area (Å²) >= 11 is 0. The molecule has 0 aliphatic heterocycles. The molecule has 1 atom stereocenters. The molecule has 0 saturated heterocycles. The van der Waals surface area contributed by atoms with Crippen LogP contribution in [-0.4, -0.2) is 24.1 Å². The van der Waals surface area contributed by atoms with Gasteiger partial charge in [0.2, 0.25) is 0 Å². The number of methoxy groups -OCH3 is 1. The number of rotatable bonds is 4. The lowest BCUT2D eigenvalue weighted by molar-refractivity contribution is -0.175. The van der Waals surface area contributed by atoms with Gasteiger partial charge in [0.15, 0.2) is 6.17 Å². The van der Waals surface area contributed by atoms with E-state index in [2.05, 4.69) is 0 Å². The second-order valence-corrected chi connectivity index (χ2v) is 3.06. The third-order valence-electron chi connectivity index (χ3n) is 2.01. The Balaban J connectivity index is 2.96. The summed E-state index contributed by atoms with van der Waals surface area (Å²) in [5.74, 6) is -6.56. The summed E-state index contributed by atoms with van der Waals surface area (Å²) in [7, 11) is 1.37. The van der Waals surface area contributed by atoms with Crippen LogP contribution in [0.5, 0.6) is 5.75 Å². The minimum atomic E-state index is -4.44. The van der Waals surface area contributed by atoms with E-state index in [9.17, 15) is 18.0 Å². The van der Waals surface area contributed by atoms with Gasteiger partial charge in [0.05, 0.1) is 7.11 Å². The molecule has 1 unspecified atom stereocenters. The molecule has 0 aromatic heterocycles. The van der Waals surface area contributed by atoms with Crippen molar-refractivity contribution in [3.8, 4) is 5.75 Å². The lowest BCUT2D eigenvalue weighted by Crippen LogP contribution is -2.33. The van der Waals surface area contributed by atoms with Crippen LogP contribution in [0.4, 0.5) is 13.2 Å². The highest BCUT2D eigenvalue weighted by molar-refractivity contribution is 5.76. The third-order valence-corrected chi connectivity index (χ3v) is 2.01. The topological polar surface area (TPSA) is 46.5 Å². The largest absolute Gasteiger partial charge is 0.497 e. The number of carboxylic acid groups (broad SMARTS) is 1. The van der Waals surface area contributed by atoms with Crippen LogP contribution in [0.3, 0.4) is 0 Å². The minimum Gasteiger partial charge on any atom is -0.497 e. The fourth-order valence-corrected chi connectivity index (χ4v) is 1.09. The lowest BCUT2D eigenvalue weighted by Gasteiger charge is -2.16. The molecule has 0 aliphatic carbocycles. The molecule has 0 aliphatic rings. The molecule has 0 amide bonds. The van der Waals surface area contributed by atoms with Gasteiger partial charge in [-0.1, -0.05) is 12.1 Å². The zero-order valence-corrected chi connectivity index (χ0v) is 8.28. The second kappa shape index (κ2) is 4.42. The van der Waals surface area contributed by atoms with E-state index < -0.39 is 23.6 Å². The Morgan fingerprint density at radius 2 is 1.88 bits per heavy atom. The van der Waals surface area contributed by atoms with Crippen LogP contribution in [-0.2, 0) is 4.79 Å². The number of hydrogen-bond acceptors (Lipinski definition) is 2. The van der Waals surface area contributed by atoms with E-state index in [1.165, 1.54) is 19.2 Å². The zero-order chi connectivity index (χ0) is 12.3.